The van der Waals surface area contributed by atoms with Crippen molar-refractivity contribution < 1.29 is 9.90 Å². The number of nitrogens with one attached hydrogen (secondary N) is 1. The summed E-state index contributed by atoms with van der Waals surface area (Å²) in [4.78, 5) is 16.3. The van der Waals surface area contributed by atoms with Gasteiger partial charge in [-0.25, -0.2) is 0 Å². The molecule has 0 radical (unpaired) electrons. The van der Waals surface area contributed by atoms with Gasteiger partial charge in [0.25, 0.3) is 0 Å². The highest BCUT2D eigenvalue weighted by atomic mass is 16.3. The molecular formula is C19H31N3O2. The maximum atomic E-state index is 12.1. The van der Waals surface area contributed by atoms with Crippen LogP contribution in [0.5, 0.6) is 0 Å². The van der Waals surface area contributed by atoms with Crippen LogP contribution < -0.4 is 10.2 Å². The van der Waals surface area contributed by atoms with Crippen LogP contribution >= 0.6 is 0 Å². The maximum absolute atomic E-state index is 12.1. The van der Waals surface area contributed by atoms with Gasteiger partial charge >= 0.3 is 0 Å². The number of carbonyl (C=O) groups excluding carboxylic acids is 1. The van der Waals surface area contributed by atoms with E-state index in [0.29, 0.717) is 6.54 Å². The number of rotatable bonds is 6. The van der Waals surface area contributed by atoms with Crippen LogP contribution in [0.4, 0.5) is 11.4 Å². The van der Waals surface area contributed by atoms with Crippen LogP contribution in [0.15, 0.2) is 24.3 Å². The first-order chi connectivity index (χ1) is 11.3. The molecule has 2 N–H and O–H groups in total. The Balaban J connectivity index is 1.85. The average Bonchev–Trinajstić information content (AvgIpc) is 2.74. The number of aliphatic hydroxyl groups is 1. The van der Waals surface area contributed by atoms with E-state index in [4.69, 9.17) is 0 Å². The number of nitrogens with zero attached hydrogens (tertiary/aromatic N) is 2. The second-order valence-electron chi connectivity index (χ2n) is 7.48. The van der Waals surface area contributed by atoms with Crippen molar-refractivity contribution in [3.8, 4) is 0 Å². The van der Waals surface area contributed by atoms with E-state index in [1.807, 2.05) is 24.1 Å². The smallest absolute Gasteiger partial charge is 0.238 e. The lowest BCUT2D eigenvalue weighted by molar-refractivity contribution is -0.117. The monoisotopic (exact) mass is 333 g/mol. The largest absolute Gasteiger partial charge is 0.389 e. The number of carbonyl (C=O) groups is 1. The number of hydrogen-bond acceptors (Lipinski definition) is 4. The van der Waals surface area contributed by atoms with Crippen molar-refractivity contribution in [2.75, 3.05) is 43.4 Å². The summed E-state index contributed by atoms with van der Waals surface area (Å²) < 4.78 is 0. The first kappa shape index (κ1) is 18.7. The Morgan fingerprint density at radius 2 is 1.75 bits per heavy atom. The Morgan fingerprint density at radius 3 is 2.29 bits per heavy atom. The van der Waals surface area contributed by atoms with E-state index in [1.54, 1.807) is 13.8 Å². The van der Waals surface area contributed by atoms with Gasteiger partial charge in [-0.15, -0.1) is 0 Å². The zero-order chi connectivity index (χ0) is 17.6. The first-order valence-corrected chi connectivity index (χ1v) is 8.89. The van der Waals surface area contributed by atoms with Gasteiger partial charge in [-0.05, 0) is 58.0 Å². The van der Waals surface area contributed by atoms with Crippen LogP contribution in [0.25, 0.3) is 0 Å². The van der Waals surface area contributed by atoms with Crippen molar-refractivity contribution in [3.05, 3.63) is 24.3 Å². The van der Waals surface area contributed by atoms with Crippen LogP contribution in [0, 0.1) is 0 Å². The number of anilines is 2. The molecule has 5 heteroatoms. The fraction of sp³-hybridized carbons (Fsp3) is 0.632. The molecule has 1 fully saturated rings. The Labute approximate surface area is 145 Å². The molecule has 1 aromatic rings. The van der Waals surface area contributed by atoms with Crippen LogP contribution in [0.2, 0.25) is 0 Å². The SMILES string of the molecule is CN(CC(=O)Nc1ccc(N2CCCCCC2)cc1)CC(C)(C)O. The molecule has 134 valence electrons. The summed E-state index contributed by atoms with van der Waals surface area (Å²) in [6, 6.07) is 8.10. The summed E-state index contributed by atoms with van der Waals surface area (Å²) in [5.74, 6) is -0.0655. The molecule has 5 nitrogen and oxygen atoms in total. The van der Waals surface area contributed by atoms with Crippen LogP contribution in [0.3, 0.4) is 0 Å². The fourth-order valence-corrected chi connectivity index (χ4v) is 3.25. The van der Waals surface area contributed by atoms with Gasteiger partial charge in [0, 0.05) is 31.0 Å². The molecule has 1 saturated heterocycles. The second kappa shape index (κ2) is 8.49. The van der Waals surface area contributed by atoms with Crippen molar-refractivity contribution in [1.82, 2.24) is 4.90 Å². The van der Waals surface area contributed by atoms with E-state index < -0.39 is 5.60 Å². The van der Waals surface area contributed by atoms with Gasteiger partial charge in [0.2, 0.25) is 5.91 Å². The third-order valence-electron chi connectivity index (χ3n) is 4.19. The molecule has 1 aromatic carbocycles. The average molecular weight is 333 g/mol. The molecule has 2 rings (SSSR count). The molecule has 24 heavy (non-hydrogen) atoms. The molecule has 0 unspecified atom stereocenters. The molecule has 1 amide bonds. The molecule has 1 aliphatic heterocycles. The molecule has 0 saturated carbocycles. The summed E-state index contributed by atoms with van der Waals surface area (Å²) >= 11 is 0. The summed E-state index contributed by atoms with van der Waals surface area (Å²) in [5, 5.41) is 12.7. The highest BCUT2D eigenvalue weighted by Gasteiger charge is 2.17. The third kappa shape index (κ3) is 6.49. The van der Waals surface area contributed by atoms with Crippen molar-refractivity contribution in [2.24, 2.45) is 0 Å². The lowest BCUT2D eigenvalue weighted by Gasteiger charge is -2.25. The second-order valence-corrected chi connectivity index (χ2v) is 7.48. The van der Waals surface area contributed by atoms with Crippen molar-refractivity contribution in [3.63, 3.8) is 0 Å². The highest BCUT2D eigenvalue weighted by Crippen LogP contribution is 2.21. The van der Waals surface area contributed by atoms with Gasteiger partial charge in [-0.1, -0.05) is 12.8 Å². The van der Waals surface area contributed by atoms with Crippen LogP contribution in [-0.4, -0.2) is 54.7 Å². The van der Waals surface area contributed by atoms with Gasteiger partial charge in [0.15, 0.2) is 0 Å². The molecule has 1 heterocycles. The molecule has 0 aromatic heterocycles. The fourth-order valence-electron chi connectivity index (χ4n) is 3.25. The Bertz CT molecular complexity index is 514. The van der Waals surface area contributed by atoms with Gasteiger partial charge in [-0.2, -0.15) is 0 Å². The van der Waals surface area contributed by atoms with Crippen molar-refractivity contribution >= 4 is 17.3 Å². The van der Waals surface area contributed by atoms with E-state index in [9.17, 15) is 9.90 Å². The van der Waals surface area contributed by atoms with Crippen LogP contribution in [-0.2, 0) is 4.79 Å². The first-order valence-electron chi connectivity index (χ1n) is 8.89. The molecule has 1 aliphatic rings. The third-order valence-corrected chi connectivity index (χ3v) is 4.19. The van der Waals surface area contributed by atoms with Gasteiger partial charge in [0.1, 0.15) is 0 Å². The molecule has 0 aliphatic carbocycles. The maximum Gasteiger partial charge on any atom is 0.238 e. The summed E-state index contributed by atoms with van der Waals surface area (Å²) in [7, 11) is 1.83. The summed E-state index contributed by atoms with van der Waals surface area (Å²) in [6.45, 7) is 6.43. The summed E-state index contributed by atoms with van der Waals surface area (Å²) in [6.07, 6.45) is 5.16. The predicted molar refractivity (Wildman–Crippen MR) is 99.5 cm³/mol. The van der Waals surface area contributed by atoms with Crippen LogP contribution in [0.1, 0.15) is 39.5 Å². The number of likely N-dealkylation sites (N-methyl/N-ethyl adjacent to an activating group) is 1. The Kier molecular flexibility index (Phi) is 6.63. The lowest BCUT2D eigenvalue weighted by Crippen LogP contribution is -2.40. The molecule has 0 spiro atoms. The minimum absolute atomic E-state index is 0.0655. The minimum atomic E-state index is -0.802. The summed E-state index contributed by atoms with van der Waals surface area (Å²) in [5.41, 5.74) is 1.24. The van der Waals surface area contributed by atoms with Gasteiger partial charge < -0.3 is 15.3 Å². The van der Waals surface area contributed by atoms with E-state index in [2.05, 4.69) is 22.3 Å². The van der Waals surface area contributed by atoms with E-state index in [0.717, 1.165) is 18.8 Å². The van der Waals surface area contributed by atoms with Crippen molar-refractivity contribution in [2.45, 2.75) is 45.1 Å². The topological polar surface area (TPSA) is 55.8 Å². The molecular weight excluding hydrogens is 302 g/mol. The quantitative estimate of drug-likeness (QED) is 0.840. The normalized spacial score (nSPS) is 16.1. The number of hydrogen-bond donors (Lipinski definition) is 2. The zero-order valence-corrected chi connectivity index (χ0v) is 15.2. The predicted octanol–water partition coefficient (Wildman–Crippen LogP) is 2.71. The van der Waals surface area contributed by atoms with E-state index in [-0.39, 0.29) is 12.5 Å². The molecule has 0 atom stereocenters. The molecule has 0 bridgehead atoms. The lowest BCUT2D eigenvalue weighted by atomic mass is 10.1. The van der Waals surface area contributed by atoms with E-state index >= 15 is 0 Å². The Morgan fingerprint density at radius 1 is 1.17 bits per heavy atom. The highest BCUT2D eigenvalue weighted by molar-refractivity contribution is 5.92. The number of benzene rings is 1. The minimum Gasteiger partial charge on any atom is -0.389 e. The standard InChI is InChI=1S/C19H31N3O2/c1-19(2,24)15-21(3)14-18(23)20-16-8-10-17(11-9-16)22-12-6-4-5-7-13-22/h8-11,24H,4-7,12-15H2,1-3H3,(H,20,23). The Hall–Kier alpha value is -1.59. The number of amides is 1. The van der Waals surface area contributed by atoms with Gasteiger partial charge in [0.05, 0.1) is 12.1 Å². The van der Waals surface area contributed by atoms with E-state index in [1.165, 1.54) is 31.4 Å². The van der Waals surface area contributed by atoms with Crippen molar-refractivity contribution in [1.29, 1.82) is 0 Å². The van der Waals surface area contributed by atoms with Gasteiger partial charge in [-0.3, -0.25) is 9.69 Å². The zero-order valence-electron chi connectivity index (χ0n) is 15.2.